The minimum atomic E-state index is -0.0184. The van der Waals surface area contributed by atoms with Crippen molar-refractivity contribution in [3.8, 4) is 6.01 Å². The van der Waals surface area contributed by atoms with Gasteiger partial charge in [0.15, 0.2) is 0 Å². The van der Waals surface area contributed by atoms with Gasteiger partial charge in [-0.15, -0.1) is 0 Å². The van der Waals surface area contributed by atoms with Gasteiger partial charge in [-0.2, -0.15) is 15.0 Å². The molecule has 0 fully saturated rings. The molecule has 8 nitrogen and oxygen atoms in total. The van der Waals surface area contributed by atoms with Gasteiger partial charge >= 0.3 is 6.01 Å². The van der Waals surface area contributed by atoms with Gasteiger partial charge in [0.2, 0.25) is 11.9 Å². The fourth-order valence-corrected chi connectivity index (χ4v) is 1.17. The highest BCUT2D eigenvalue weighted by atomic mass is 16.5. The first kappa shape index (κ1) is 14.4. The summed E-state index contributed by atoms with van der Waals surface area (Å²) in [6, 6.07) is 0.243. The summed E-state index contributed by atoms with van der Waals surface area (Å²) >= 11 is 0. The highest BCUT2D eigenvalue weighted by Gasteiger charge is 2.11. The van der Waals surface area contributed by atoms with E-state index in [0.29, 0.717) is 19.1 Å². The van der Waals surface area contributed by atoms with Crippen LogP contribution in [-0.2, 0) is 4.74 Å². The molecule has 0 spiro atoms. The van der Waals surface area contributed by atoms with Crippen molar-refractivity contribution in [3.63, 3.8) is 0 Å². The van der Waals surface area contributed by atoms with Crippen LogP contribution in [0.1, 0.15) is 13.8 Å². The van der Waals surface area contributed by atoms with Gasteiger partial charge in [0.1, 0.15) is 0 Å². The zero-order valence-corrected chi connectivity index (χ0v) is 11.2. The molecule has 3 N–H and O–H groups in total. The summed E-state index contributed by atoms with van der Waals surface area (Å²) in [7, 11) is 3.50. The van der Waals surface area contributed by atoms with Gasteiger partial charge in [-0.3, -0.25) is 5.43 Å². The minimum absolute atomic E-state index is 0.0184. The molecule has 1 heterocycles. The Hall–Kier alpha value is -1.67. The zero-order valence-electron chi connectivity index (χ0n) is 11.2. The van der Waals surface area contributed by atoms with Crippen LogP contribution in [0.15, 0.2) is 0 Å². The molecule has 1 aromatic rings. The summed E-state index contributed by atoms with van der Waals surface area (Å²) in [5.41, 5.74) is 2.39. The maximum absolute atomic E-state index is 5.44. The molecule has 1 aromatic heterocycles. The lowest BCUT2D eigenvalue weighted by Crippen LogP contribution is -2.26. The first-order valence-corrected chi connectivity index (χ1v) is 5.66. The van der Waals surface area contributed by atoms with E-state index in [0.717, 1.165) is 0 Å². The first-order chi connectivity index (χ1) is 8.56. The van der Waals surface area contributed by atoms with Gasteiger partial charge in [-0.05, 0) is 13.8 Å². The molecule has 1 rings (SSSR count). The van der Waals surface area contributed by atoms with Gasteiger partial charge in [-0.25, -0.2) is 5.84 Å². The van der Waals surface area contributed by atoms with Gasteiger partial charge in [0, 0.05) is 20.7 Å². The number of nitrogen functional groups attached to an aromatic ring is 1. The molecule has 0 aromatic carbocycles. The molecule has 0 radical (unpaired) electrons. The molecular weight excluding hydrogens is 236 g/mol. The first-order valence-electron chi connectivity index (χ1n) is 5.66. The smallest absolute Gasteiger partial charge is 0.323 e. The maximum atomic E-state index is 5.44. The maximum Gasteiger partial charge on any atom is 0.323 e. The molecule has 0 unspecified atom stereocenters. The Morgan fingerprint density at radius 3 is 2.61 bits per heavy atom. The van der Waals surface area contributed by atoms with Gasteiger partial charge in [0.25, 0.3) is 0 Å². The van der Waals surface area contributed by atoms with Crippen LogP contribution in [0.5, 0.6) is 6.01 Å². The van der Waals surface area contributed by atoms with Crippen LogP contribution in [0.4, 0.5) is 11.9 Å². The molecule has 0 aliphatic heterocycles. The second-order valence-electron chi connectivity index (χ2n) is 3.97. The number of anilines is 2. The summed E-state index contributed by atoms with van der Waals surface area (Å²) < 4.78 is 10.4. The molecule has 0 bridgehead atoms. The van der Waals surface area contributed by atoms with Crippen LogP contribution in [0, 0.1) is 0 Å². The number of hydrogen-bond acceptors (Lipinski definition) is 8. The molecule has 0 aliphatic rings. The highest BCUT2D eigenvalue weighted by molar-refractivity contribution is 5.36. The van der Waals surface area contributed by atoms with Crippen molar-refractivity contribution in [2.24, 2.45) is 5.84 Å². The SMILES string of the molecule is COCCN(C)c1nc(NN)nc(OC(C)C)n1. The van der Waals surface area contributed by atoms with Crippen LogP contribution in [0.3, 0.4) is 0 Å². The van der Waals surface area contributed by atoms with E-state index in [-0.39, 0.29) is 18.1 Å². The highest BCUT2D eigenvalue weighted by Crippen LogP contribution is 2.14. The molecule has 0 atom stereocenters. The van der Waals surface area contributed by atoms with Crippen molar-refractivity contribution in [1.82, 2.24) is 15.0 Å². The molecule has 0 amide bonds. The second kappa shape index (κ2) is 6.92. The van der Waals surface area contributed by atoms with E-state index in [1.54, 1.807) is 7.11 Å². The molecular formula is C10H20N6O2. The zero-order chi connectivity index (χ0) is 13.5. The fourth-order valence-electron chi connectivity index (χ4n) is 1.17. The van der Waals surface area contributed by atoms with Gasteiger partial charge < -0.3 is 14.4 Å². The van der Waals surface area contributed by atoms with E-state index in [4.69, 9.17) is 15.3 Å². The molecule has 0 saturated carbocycles. The third kappa shape index (κ3) is 4.30. The number of nitrogens with zero attached hydrogens (tertiary/aromatic N) is 4. The Labute approximate surface area is 106 Å². The van der Waals surface area contributed by atoms with E-state index in [1.165, 1.54) is 0 Å². The molecule has 18 heavy (non-hydrogen) atoms. The molecule has 0 saturated heterocycles. The number of nitrogens with two attached hydrogens (primary N) is 1. The van der Waals surface area contributed by atoms with Crippen LogP contribution in [0.2, 0.25) is 0 Å². The minimum Gasteiger partial charge on any atom is -0.461 e. The van der Waals surface area contributed by atoms with Crippen molar-refractivity contribution in [3.05, 3.63) is 0 Å². The summed E-state index contributed by atoms with van der Waals surface area (Å²) in [5.74, 6) is 6.06. The van der Waals surface area contributed by atoms with Crippen molar-refractivity contribution in [2.45, 2.75) is 20.0 Å². The Kier molecular flexibility index (Phi) is 5.53. The Morgan fingerprint density at radius 1 is 1.33 bits per heavy atom. The van der Waals surface area contributed by atoms with E-state index in [1.807, 2.05) is 25.8 Å². The molecule has 0 aliphatic carbocycles. The van der Waals surface area contributed by atoms with Crippen LogP contribution >= 0.6 is 0 Å². The number of hydrogen-bond donors (Lipinski definition) is 2. The lowest BCUT2D eigenvalue weighted by Gasteiger charge is -2.18. The van der Waals surface area contributed by atoms with Gasteiger partial charge in [0.05, 0.1) is 12.7 Å². The van der Waals surface area contributed by atoms with Crippen LogP contribution in [-0.4, -0.2) is 48.4 Å². The quantitative estimate of drug-likeness (QED) is 0.520. The summed E-state index contributed by atoms with van der Waals surface area (Å²) in [6.45, 7) is 5.03. The number of ether oxygens (including phenoxy) is 2. The Balaban J connectivity index is 2.88. The monoisotopic (exact) mass is 256 g/mol. The summed E-state index contributed by atoms with van der Waals surface area (Å²) in [6.07, 6.45) is -0.0184. The third-order valence-corrected chi connectivity index (χ3v) is 2.05. The topological polar surface area (TPSA) is 98.4 Å². The third-order valence-electron chi connectivity index (χ3n) is 2.05. The van der Waals surface area contributed by atoms with Crippen molar-refractivity contribution in [1.29, 1.82) is 0 Å². The Bertz CT molecular complexity index is 373. The molecule has 8 heteroatoms. The van der Waals surface area contributed by atoms with Crippen LogP contribution in [0.25, 0.3) is 0 Å². The standard InChI is InChI=1S/C10H20N6O2/c1-7(2)18-10-13-8(15-11)12-9(14-10)16(3)5-6-17-4/h7H,5-6,11H2,1-4H3,(H,12,13,14,15). The predicted octanol–water partition coefficient (Wildman–Crippen LogP) is 0.0270. The van der Waals surface area contributed by atoms with E-state index < -0.39 is 0 Å². The fraction of sp³-hybridized carbons (Fsp3) is 0.700. The number of hydrazine groups is 1. The van der Waals surface area contributed by atoms with Crippen LogP contribution < -0.4 is 20.9 Å². The van der Waals surface area contributed by atoms with Crippen molar-refractivity contribution in [2.75, 3.05) is 37.6 Å². The number of likely N-dealkylation sites (N-methyl/N-ethyl adjacent to an activating group) is 1. The van der Waals surface area contributed by atoms with E-state index >= 15 is 0 Å². The van der Waals surface area contributed by atoms with Gasteiger partial charge in [-0.1, -0.05) is 0 Å². The normalized spacial score (nSPS) is 10.6. The number of methoxy groups -OCH3 is 1. The van der Waals surface area contributed by atoms with E-state index in [2.05, 4.69) is 20.4 Å². The summed E-state index contributed by atoms with van der Waals surface area (Å²) in [4.78, 5) is 14.2. The van der Waals surface area contributed by atoms with Crippen molar-refractivity contribution >= 4 is 11.9 Å². The largest absolute Gasteiger partial charge is 0.461 e. The number of nitrogens with one attached hydrogen (secondary N) is 1. The lowest BCUT2D eigenvalue weighted by molar-refractivity contribution is 0.205. The Morgan fingerprint density at radius 2 is 2.06 bits per heavy atom. The average Bonchev–Trinajstić information content (AvgIpc) is 2.34. The summed E-state index contributed by atoms with van der Waals surface area (Å²) in [5, 5.41) is 0. The lowest BCUT2D eigenvalue weighted by atomic mass is 10.5. The van der Waals surface area contributed by atoms with Crippen molar-refractivity contribution < 1.29 is 9.47 Å². The number of aromatic nitrogens is 3. The predicted molar refractivity (Wildman–Crippen MR) is 68.5 cm³/mol. The second-order valence-corrected chi connectivity index (χ2v) is 3.97. The van der Waals surface area contributed by atoms with E-state index in [9.17, 15) is 0 Å². The molecule has 102 valence electrons. The average molecular weight is 256 g/mol. The number of rotatable bonds is 7.